The van der Waals surface area contributed by atoms with E-state index >= 15 is 0 Å². The molecule has 0 radical (unpaired) electrons. The highest BCUT2D eigenvalue weighted by molar-refractivity contribution is 14.1. The lowest BCUT2D eigenvalue weighted by atomic mass is 10.2. The molecule has 1 amide bonds. The van der Waals surface area contributed by atoms with Crippen LogP contribution in [0, 0.1) is 6.92 Å². The summed E-state index contributed by atoms with van der Waals surface area (Å²) in [5.74, 6) is 1.19. The van der Waals surface area contributed by atoms with Gasteiger partial charge in [-0.05, 0) is 42.8 Å². The van der Waals surface area contributed by atoms with E-state index in [1.165, 1.54) is 18.0 Å². The van der Waals surface area contributed by atoms with Crippen molar-refractivity contribution >= 4 is 57.2 Å². The zero-order valence-corrected chi connectivity index (χ0v) is 17.5. The lowest BCUT2D eigenvalue weighted by Gasteiger charge is -2.10. The molecule has 1 aromatic heterocycles. The second-order valence-electron chi connectivity index (χ2n) is 6.03. The Morgan fingerprint density at radius 1 is 0.964 bits per heavy atom. The van der Waals surface area contributed by atoms with Crippen molar-refractivity contribution < 1.29 is 4.79 Å². The third-order valence-corrected chi connectivity index (χ3v) is 4.23. The Morgan fingerprint density at radius 2 is 1.61 bits per heavy atom. The van der Waals surface area contributed by atoms with Crippen LogP contribution in [-0.2, 0) is 4.79 Å². The SMILES string of the molecule is Cc1cccc(Nc2cc(Nc3cccc(NC(=O)/C=C/CI)c3)ncn2)c1. The largest absolute Gasteiger partial charge is 0.340 e. The van der Waals surface area contributed by atoms with Gasteiger partial charge < -0.3 is 16.0 Å². The van der Waals surface area contributed by atoms with Crippen molar-refractivity contribution in [3.8, 4) is 0 Å². The van der Waals surface area contributed by atoms with Crippen LogP contribution in [-0.4, -0.2) is 20.3 Å². The summed E-state index contributed by atoms with van der Waals surface area (Å²) in [5, 5.41) is 9.35. The van der Waals surface area contributed by atoms with Crippen LogP contribution in [0.25, 0.3) is 0 Å². The third-order valence-electron chi connectivity index (χ3n) is 3.72. The molecule has 1 heterocycles. The number of benzene rings is 2. The van der Waals surface area contributed by atoms with Gasteiger partial charge in [-0.25, -0.2) is 9.97 Å². The first-order valence-electron chi connectivity index (χ1n) is 8.69. The maximum atomic E-state index is 11.8. The van der Waals surface area contributed by atoms with Crippen molar-refractivity contribution in [3.05, 3.63) is 78.6 Å². The van der Waals surface area contributed by atoms with Crippen LogP contribution in [0.5, 0.6) is 0 Å². The fourth-order valence-electron chi connectivity index (χ4n) is 2.52. The lowest BCUT2D eigenvalue weighted by molar-refractivity contribution is -0.111. The zero-order valence-electron chi connectivity index (χ0n) is 15.3. The molecule has 0 aliphatic heterocycles. The maximum absolute atomic E-state index is 11.8. The number of alkyl halides is 1. The van der Waals surface area contributed by atoms with Gasteiger partial charge in [-0.3, -0.25) is 4.79 Å². The normalized spacial score (nSPS) is 10.6. The molecule has 0 spiro atoms. The Labute approximate surface area is 177 Å². The van der Waals surface area contributed by atoms with E-state index in [4.69, 9.17) is 0 Å². The molecule has 0 aliphatic carbocycles. The number of allylic oxidation sites excluding steroid dienone is 1. The molecule has 142 valence electrons. The second kappa shape index (κ2) is 9.84. The molecule has 0 saturated heterocycles. The van der Waals surface area contributed by atoms with Crippen LogP contribution in [0.1, 0.15) is 5.56 Å². The number of halogens is 1. The quantitative estimate of drug-likeness (QED) is 0.244. The van der Waals surface area contributed by atoms with Crippen molar-refractivity contribution in [2.24, 2.45) is 0 Å². The highest BCUT2D eigenvalue weighted by atomic mass is 127. The number of carbonyl (C=O) groups excluding carboxylic acids is 1. The number of hydrogen-bond acceptors (Lipinski definition) is 5. The predicted octanol–water partition coefficient (Wildman–Crippen LogP) is 5.20. The van der Waals surface area contributed by atoms with E-state index in [1.54, 1.807) is 0 Å². The first-order valence-corrected chi connectivity index (χ1v) is 10.2. The van der Waals surface area contributed by atoms with Crippen molar-refractivity contribution in [2.75, 3.05) is 20.4 Å². The summed E-state index contributed by atoms with van der Waals surface area (Å²) >= 11 is 2.19. The van der Waals surface area contributed by atoms with Gasteiger partial charge in [0.15, 0.2) is 0 Å². The summed E-state index contributed by atoms with van der Waals surface area (Å²) < 4.78 is 0.791. The van der Waals surface area contributed by atoms with Gasteiger partial charge in [0.05, 0.1) is 0 Å². The van der Waals surface area contributed by atoms with Crippen LogP contribution in [0.4, 0.5) is 28.7 Å². The average Bonchev–Trinajstić information content (AvgIpc) is 2.67. The molecular weight excluding hydrogens is 465 g/mol. The first-order chi connectivity index (χ1) is 13.6. The fourth-order valence-corrected chi connectivity index (χ4v) is 2.78. The molecule has 0 bridgehead atoms. The maximum Gasteiger partial charge on any atom is 0.248 e. The summed E-state index contributed by atoms with van der Waals surface area (Å²) in [6.07, 6.45) is 4.84. The Kier molecular flexibility index (Phi) is 6.96. The highest BCUT2D eigenvalue weighted by Gasteiger charge is 2.03. The van der Waals surface area contributed by atoms with E-state index in [0.717, 1.165) is 15.8 Å². The van der Waals surface area contributed by atoms with E-state index < -0.39 is 0 Å². The van der Waals surface area contributed by atoms with E-state index in [-0.39, 0.29) is 5.91 Å². The minimum atomic E-state index is -0.152. The van der Waals surface area contributed by atoms with Gasteiger partial charge in [0.1, 0.15) is 18.0 Å². The predicted molar refractivity (Wildman–Crippen MR) is 123 cm³/mol. The summed E-state index contributed by atoms with van der Waals surface area (Å²) in [5.41, 5.74) is 3.66. The number of anilines is 5. The Balaban J connectivity index is 1.69. The molecule has 0 fully saturated rings. The number of nitrogens with one attached hydrogen (secondary N) is 3. The van der Waals surface area contributed by atoms with Gasteiger partial charge in [-0.1, -0.05) is 46.9 Å². The molecule has 0 saturated carbocycles. The van der Waals surface area contributed by atoms with Crippen LogP contribution < -0.4 is 16.0 Å². The Hall–Kier alpha value is -2.94. The molecule has 0 unspecified atom stereocenters. The van der Waals surface area contributed by atoms with Crippen molar-refractivity contribution in [3.63, 3.8) is 0 Å². The number of carbonyl (C=O) groups is 1. The van der Waals surface area contributed by atoms with Crippen molar-refractivity contribution in [1.29, 1.82) is 0 Å². The van der Waals surface area contributed by atoms with Gasteiger partial charge in [-0.15, -0.1) is 0 Å². The summed E-state index contributed by atoms with van der Waals surface area (Å²) in [4.78, 5) is 20.4. The van der Waals surface area contributed by atoms with E-state index in [0.29, 0.717) is 17.3 Å². The molecule has 2 aromatic carbocycles. The zero-order chi connectivity index (χ0) is 19.8. The molecule has 0 atom stereocenters. The fraction of sp³-hybridized carbons (Fsp3) is 0.0952. The number of rotatable bonds is 7. The monoisotopic (exact) mass is 485 g/mol. The van der Waals surface area contributed by atoms with Gasteiger partial charge >= 0.3 is 0 Å². The molecule has 3 aromatic rings. The molecule has 0 aliphatic rings. The van der Waals surface area contributed by atoms with Crippen LogP contribution in [0.3, 0.4) is 0 Å². The Bertz CT molecular complexity index is 990. The van der Waals surface area contributed by atoms with E-state index in [1.807, 2.05) is 67.6 Å². The van der Waals surface area contributed by atoms with Gasteiger partial charge in [-0.2, -0.15) is 0 Å². The van der Waals surface area contributed by atoms with Crippen molar-refractivity contribution in [1.82, 2.24) is 9.97 Å². The first kappa shape index (κ1) is 19.8. The number of amides is 1. The van der Waals surface area contributed by atoms with Gasteiger partial charge in [0.2, 0.25) is 5.91 Å². The molecule has 6 nitrogen and oxygen atoms in total. The summed E-state index contributed by atoms with van der Waals surface area (Å²) in [6, 6.07) is 17.4. The third kappa shape index (κ3) is 6.05. The van der Waals surface area contributed by atoms with Crippen LogP contribution >= 0.6 is 22.6 Å². The molecule has 28 heavy (non-hydrogen) atoms. The smallest absolute Gasteiger partial charge is 0.248 e. The van der Waals surface area contributed by atoms with E-state index in [9.17, 15) is 4.79 Å². The lowest BCUT2D eigenvalue weighted by Crippen LogP contribution is -2.08. The number of aryl methyl sites for hydroxylation is 1. The van der Waals surface area contributed by atoms with Gasteiger partial charge in [0.25, 0.3) is 0 Å². The molecular formula is C21H20IN5O. The summed E-state index contributed by atoms with van der Waals surface area (Å²) in [6.45, 7) is 2.04. The van der Waals surface area contributed by atoms with Crippen LogP contribution in [0.2, 0.25) is 0 Å². The number of aromatic nitrogens is 2. The summed E-state index contributed by atoms with van der Waals surface area (Å²) in [7, 11) is 0. The van der Waals surface area contributed by atoms with E-state index in [2.05, 4.69) is 48.5 Å². The second-order valence-corrected chi connectivity index (χ2v) is 6.92. The minimum absolute atomic E-state index is 0.152. The molecule has 3 rings (SSSR count). The van der Waals surface area contributed by atoms with Gasteiger partial charge in [0, 0.05) is 33.6 Å². The van der Waals surface area contributed by atoms with Crippen molar-refractivity contribution in [2.45, 2.75) is 6.92 Å². The number of nitrogens with zero attached hydrogens (tertiary/aromatic N) is 2. The molecule has 7 heteroatoms. The average molecular weight is 485 g/mol. The number of hydrogen-bond donors (Lipinski definition) is 3. The topological polar surface area (TPSA) is 78.9 Å². The highest BCUT2D eigenvalue weighted by Crippen LogP contribution is 2.22. The Morgan fingerprint density at radius 3 is 2.29 bits per heavy atom. The minimum Gasteiger partial charge on any atom is -0.340 e. The standard InChI is InChI=1S/C21H20IN5O/c1-15-5-2-6-16(11-15)25-19-13-20(24-14-23-19)26-17-7-3-8-18(12-17)27-21(28)9-4-10-22/h2-9,11-14H,10H2,1H3,(H,27,28)(H2,23,24,25,26)/b9-4+. The molecule has 3 N–H and O–H groups in total. The van der Waals surface area contributed by atoms with Crippen LogP contribution in [0.15, 0.2) is 73.1 Å².